The lowest BCUT2D eigenvalue weighted by atomic mass is 9.78. The summed E-state index contributed by atoms with van der Waals surface area (Å²) in [5.74, 6) is -1.08. The van der Waals surface area contributed by atoms with Crippen molar-refractivity contribution >= 4 is 23.4 Å². The van der Waals surface area contributed by atoms with Crippen molar-refractivity contribution in [1.82, 2.24) is 15.1 Å². The van der Waals surface area contributed by atoms with Crippen LogP contribution in [0.15, 0.2) is 16.3 Å². The van der Waals surface area contributed by atoms with Crippen LogP contribution in [0.3, 0.4) is 0 Å². The Balaban J connectivity index is 1.41. The van der Waals surface area contributed by atoms with Crippen molar-refractivity contribution in [2.45, 2.75) is 43.6 Å². The average molecular weight is 444 g/mol. The highest BCUT2D eigenvalue weighted by molar-refractivity contribution is 6.53. The number of hydrogen-bond acceptors (Lipinski definition) is 9. The number of Topliss-reactive ketones (excluding diaryl/α,β-unsaturated/α-hetero) is 2. The number of piperidine rings is 3. The van der Waals surface area contributed by atoms with Crippen molar-refractivity contribution in [2.75, 3.05) is 39.9 Å². The maximum atomic E-state index is 13.9. The van der Waals surface area contributed by atoms with Gasteiger partial charge in [0.1, 0.15) is 6.61 Å². The van der Waals surface area contributed by atoms with E-state index in [-0.39, 0.29) is 36.3 Å². The molecule has 0 spiro atoms. The topological polar surface area (TPSA) is 136 Å². The number of ketones is 2. The van der Waals surface area contributed by atoms with Crippen LogP contribution < -0.4 is 11.1 Å². The van der Waals surface area contributed by atoms with Gasteiger partial charge in [0.05, 0.1) is 35.3 Å². The van der Waals surface area contributed by atoms with Crippen LogP contribution in [0.1, 0.15) is 19.8 Å². The van der Waals surface area contributed by atoms with Crippen LogP contribution in [-0.2, 0) is 19.1 Å². The minimum absolute atomic E-state index is 0.0428. The summed E-state index contributed by atoms with van der Waals surface area (Å²) < 4.78 is 11.2. The van der Waals surface area contributed by atoms with Crippen LogP contribution in [0.4, 0.5) is 4.79 Å². The molecule has 0 aromatic carbocycles. The van der Waals surface area contributed by atoms with E-state index in [1.165, 1.54) is 0 Å². The van der Waals surface area contributed by atoms with Gasteiger partial charge in [-0.3, -0.25) is 14.6 Å². The number of nitrogens with two attached hydrogens (primary N) is 1. The first-order valence-electron chi connectivity index (χ1n) is 11.5. The fraction of sp³-hybridized carbons (Fsp3) is 0.727. The van der Waals surface area contributed by atoms with E-state index in [1.54, 1.807) is 14.0 Å². The second-order valence-corrected chi connectivity index (χ2v) is 9.90. The molecule has 6 atom stereocenters. The predicted octanol–water partition coefficient (Wildman–Crippen LogP) is -0.713. The molecule has 3 N–H and O–H groups in total. The molecule has 10 heteroatoms. The third kappa shape index (κ3) is 2.57. The summed E-state index contributed by atoms with van der Waals surface area (Å²) in [5, 5.41) is 3.37. The minimum atomic E-state index is -0.944. The van der Waals surface area contributed by atoms with Crippen molar-refractivity contribution < 1.29 is 23.9 Å². The highest BCUT2D eigenvalue weighted by Crippen LogP contribution is 2.55. The first-order valence-corrected chi connectivity index (χ1v) is 11.5. The number of methoxy groups -OCH3 is 1. The van der Waals surface area contributed by atoms with Crippen LogP contribution in [-0.4, -0.2) is 96.9 Å². The van der Waals surface area contributed by atoms with Gasteiger partial charge in [0.15, 0.2) is 11.5 Å². The second-order valence-electron chi connectivity index (χ2n) is 9.90. The molecule has 2 bridgehead atoms. The number of fused-ring (bicyclic) bond motifs is 7. The Bertz CT molecular complexity index is 970. The van der Waals surface area contributed by atoms with E-state index in [4.69, 9.17) is 20.2 Å². The maximum Gasteiger partial charge on any atom is 0.404 e. The van der Waals surface area contributed by atoms with Gasteiger partial charge in [-0.05, 0) is 38.8 Å². The Morgan fingerprint density at radius 3 is 2.66 bits per heavy atom. The van der Waals surface area contributed by atoms with Crippen LogP contribution in [0.5, 0.6) is 0 Å². The van der Waals surface area contributed by atoms with Gasteiger partial charge in [-0.15, -0.1) is 0 Å². The normalized spacial score (nSPS) is 45.2. The lowest BCUT2D eigenvalue weighted by Gasteiger charge is -2.43. The molecule has 6 unspecified atom stereocenters. The zero-order valence-corrected chi connectivity index (χ0v) is 18.4. The third-order valence-electron chi connectivity index (χ3n) is 8.47. The molecular formula is C22H29N5O5. The van der Waals surface area contributed by atoms with Crippen molar-refractivity contribution in [3.63, 3.8) is 0 Å². The lowest BCUT2D eigenvalue weighted by Crippen LogP contribution is -2.55. The molecule has 0 saturated carbocycles. The number of ether oxygens (including phenoxy) is 2. The molecule has 6 aliphatic heterocycles. The van der Waals surface area contributed by atoms with Crippen molar-refractivity contribution in [2.24, 2.45) is 28.5 Å². The van der Waals surface area contributed by atoms with Crippen LogP contribution >= 0.6 is 0 Å². The fourth-order valence-electron chi connectivity index (χ4n) is 6.81. The second kappa shape index (κ2) is 6.85. The number of aliphatic imine (C=N–C) groups is 1. The van der Waals surface area contributed by atoms with E-state index < -0.39 is 23.7 Å². The largest absolute Gasteiger partial charge is 0.449 e. The Labute approximate surface area is 186 Å². The number of amides is 1. The molecule has 1 aliphatic carbocycles. The van der Waals surface area contributed by atoms with Crippen molar-refractivity contribution in [3.05, 3.63) is 11.3 Å². The summed E-state index contributed by atoms with van der Waals surface area (Å²) in [6.07, 6.45) is 1.24. The van der Waals surface area contributed by atoms with Crippen LogP contribution in [0.2, 0.25) is 0 Å². The van der Waals surface area contributed by atoms with E-state index in [0.29, 0.717) is 29.4 Å². The minimum Gasteiger partial charge on any atom is -0.449 e. The number of nitrogens with one attached hydrogen (secondary N) is 1. The standard InChI is InChI=1S/C22H29N5O5/c1-10-16(24-13-7-26-5-3-11(13)4-6-26)19(29)15-12(9-32-21(23)30)22(31-2)20-14(25-20)8-27(22)17(15)18(10)28/h10-14,20,25H,3-9H2,1-2H3,(H2,23,30). The SMILES string of the molecule is COC12C(COC(N)=O)C3=C(C(=O)C(C)C(=NC4CN5CCC4CC5)C3=O)N1CC1NC12. The molecule has 0 radical (unpaired) electrons. The first-order chi connectivity index (χ1) is 15.4. The quantitative estimate of drug-likeness (QED) is 0.544. The van der Waals surface area contributed by atoms with E-state index in [9.17, 15) is 14.4 Å². The third-order valence-corrected chi connectivity index (χ3v) is 8.47. The number of allylic oxidation sites excluding steroid dienone is 1. The molecular weight excluding hydrogens is 414 g/mol. The van der Waals surface area contributed by atoms with Gasteiger partial charge in [0.25, 0.3) is 0 Å². The Morgan fingerprint density at radius 2 is 2.03 bits per heavy atom. The summed E-state index contributed by atoms with van der Waals surface area (Å²) in [6.45, 7) is 5.23. The van der Waals surface area contributed by atoms with Crippen LogP contribution in [0, 0.1) is 17.8 Å². The van der Waals surface area contributed by atoms with E-state index in [0.717, 1.165) is 32.5 Å². The molecule has 7 rings (SSSR count). The molecule has 0 aromatic rings. The molecule has 32 heavy (non-hydrogen) atoms. The summed E-state index contributed by atoms with van der Waals surface area (Å²) >= 11 is 0. The van der Waals surface area contributed by atoms with Gasteiger partial charge in [-0.1, -0.05) is 0 Å². The fourth-order valence-corrected chi connectivity index (χ4v) is 6.81. The molecule has 172 valence electrons. The zero-order chi connectivity index (χ0) is 22.4. The highest BCUT2D eigenvalue weighted by Gasteiger charge is 2.73. The molecule has 5 saturated heterocycles. The lowest BCUT2D eigenvalue weighted by molar-refractivity contribution is -0.138. The number of carbonyl (C=O) groups excluding carboxylic acids is 3. The molecule has 6 heterocycles. The smallest absolute Gasteiger partial charge is 0.404 e. The van der Waals surface area contributed by atoms with Gasteiger partial charge < -0.3 is 30.3 Å². The monoisotopic (exact) mass is 443 g/mol. The Kier molecular flexibility index (Phi) is 4.35. The Hall–Kier alpha value is -2.30. The van der Waals surface area contributed by atoms with Gasteiger partial charge in [0.2, 0.25) is 5.78 Å². The first kappa shape index (κ1) is 20.3. The average Bonchev–Trinajstić information content (AvgIpc) is 3.40. The molecule has 1 amide bonds. The van der Waals surface area contributed by atoms with Gasteiger partial charge >= 0.3 is 6.09 Å². The van der Waals surface area contributed by atoms with Gasteiger partial charge in [-0.25, -0.2) is 4.79 Å². The number of rotatable bonds is 4. The summed E-state index contributed by atoms with van der Waals surface area (Å²) in [5.41, 5.74) is 5.41. The number of primary amides is 1. The molecule has 7 aliphatic rings. The van der Waals surface area contributed by atoms with Gasteiger partial charge in [-0.2, -0.15) is 0 Å². The Morgan fingerprint density at radius 1 is 1.28 bits per heavy atom. The summed E-state index contributed by atoms with van der Waals surface area (Å²) in [4.78, 5) is 48.1. The van der Waals surface area contributed by atoms with E-state index in [2.05, 4.69) is 10.2 Å². The van der Waals surface area contributed by atoms with E-state index >= 15 is 0 Å². The molecule has 5 fully saturated rings. The molecule has 0 aromatic heterocycles. The predicted molar refractivity (Wildman–Crippen MR) is 113 cm³/mol. The number of piperazine rings is 1. The maximum absolute atomic E-state index is 13.9. The summed E-state index contributed by atoms with van der Waals surface area (Å²) in [6, 6.07) is 0.180. The number of hydrogen-bond donors (Lipinski definition) is 2. The highest BCUT2D eigenvalue weighted by atomic mass is 16.6. The zero-order valence-electron chi connectivity index (χ0n) is 18.4. The number of nitrogens with zero attached hydrogens (tertiary/aromatic N) is 3. The van der Waals surface area contributed by atoms with E-state index in [1.807, 2.05) is 4.90 Å². The van der Waals surface area contributed by atoms with Gasteiger partial charge in [0, 0.05) is 31.8 Å². The van der Waals surface area contributed by atoms with Crippen molar-refractivity contribution in [1.29, 1.82) is 0 Å². The number of carbonyl (C=O) groups is 3. The molecule has 10 nitrogen and oxygen atoms in total. The van der Waals surface area contributed by atoms with Crippen molar-refractivity contribution in [3.8, 4) is 0 Å². The summed E-state index contributed by atoms with van der Waals surface area (Å²) in [7, 11) is 1.58. The van der Waals surface area contributed by atoms with Crippen LogP contribution in [0.25, 0.3) is 0 Å².